The smallest absolute Gasteiger partial charge is 0.307 e. The number of sulfonamides is 1. The number of hydrogen-bond donors (Lipinski definition) is 1. The SMILES string of the molecule is Cn1c(=O)sc2cc(NC(=O)CN(c3ccccc3F)S(C)(=O)=O)ccc21. The third-order valence-electron chi connectivity index (χ3n) is 3.88. The van der Waals surface area contributed by atoms with Crippen LogP contribution in [-0.2, 0) is 21.9 Å². The molecule has 0 fully saturated rings. The lowest BCUT2D eigenvalue weighted by Gasteiger charge is -2.22. The van der Waals surface area contributed by atoms with Gasteiger partial charge in [-0.3, -0.25) is 13.9 Å². The summed E-state index contributed by atoms with van der Waals surface area (Å²) in [4.78, 5) is 23.9. The molecule has 27 heavy (non-hydrogen) atoms. The fourth-order valence-corrected chi connectivity index (χ4v) is 4.35. The van der Waals surface area contributed by atoms with Crippen LogP contribution < -0.4 is 14.5 Å². The van der Waals surface area contributed by atoms with Crippen molar-refractivity contribution >= 4 is 48.9 Å². The van der Waals surface area contributed by atoms with Crippen molar-refractivity contribution in [1.29, 1.82) is 0 Å². The van der Waals surface area contributed by atoms with Gasteiger partial charge in [-0.1, -0.05) is 23.5 Å². The van der Waals surface area contributed by atoms with Crippen molar-refractivity contribution in [2.24, 2.45) is 7.05 Å². The lowest BCUT2D eigenvalue weighted by molar-refractivity contribution is -0.114. The highest BCUT2D eigenvalue weighted by Gasteiger charge is 2.23. The molecule has 1 heterocycles. The van der Waals surface area contributed by atoms with Gasteiger partial charge in [-0.25, -0.2) is 12.8 Å². The van der Waals surface area contributed by atoms with Crippen LogP contribution in [0.1, 0.15) is 0 Å². The van der Waals surface area contributed by atoms with E-state index in [9.17, 15) is 22.4 Å². The van der Waals surface area contributed by atoms with Gasteiger partial charge in [0.05, 0.1) is 22.2 Å². The molecule has 0 aliphatic carbocycles. The normalized spacial score (nSPS) is 11.5. The summed E-state index contributed by atoms with van der Waals surface area (Å²) in [5.74, 6) is -1.38. The first kappa shape index (κ1) is 19.1. The summed E-state index contributed by atoms with van der Waals surface area (Å²) >= 11 is 1.04. The third kappa shape index (κ3) is 4.01. The Balaban J connectivity index is 1.85. The predicted molar refractivity (Wildman–Crippen MR) is 104 cm³/mol. The number of fused-ring (bicyclic) bond motifs is 1. The molecule has 0 aliphatic heterocycles. The number of halogens is 1. The van der Waals surface area contributed by atoms with E-state index in [1.165, 1.54) is 22.8 Å². The van der Waals surface area contributed by atoms with Gasteiger partial charge in [0.25, 0.3) is 0 Å². The van der Waals surface area contributed by atoms with E-state index in [0.717, 1.165) is 29.2 Å². The fraction of sp³-hybridized carbons (Fsp3) is 0.176. The summed E-state index contributed by atoms with van der Waals surface area (Å²) in [6.45, 7) is -0.581. The molecule has 2 aromatic carbocycles. The zero-order chi connectivity index (χ0) is 19.8. The molecule has 0 bridgehead atoms. The van der Waals surface area contributed by atoms with E-state index in [4.69, 9.17) is 0 Å². The van der Waals surface area contributed by atoms with E-state index in [1.807, 2.05) is 0 Å². The molecule has 1 aromatic heterocycles. The van der Waals surface area contributed by atoms with Gasteiger partial charge in [0, 0.05) is 12.7 Å². The van der Waals surface area contributed by atoms with E-state index in [2.05, 4.69) is 5.32 Å². The van der Waals surface area contributed by atoms with Gasteiger partial charge in [0.2, 0.25) is 15.9 Å². The van der Waals surface area contributed by atoms with Crippen molar-refractivity contribution in [3.05, 3.63) is 57.9 Å². The van der Waals surface area contributed by atoms with Crippen LogP contribution >= 0.6 is 11.3 Å². The number of anilines is 2. The quantitative estimate of drug-likeness (QED) is 0.699. The minimum absolute atomic E-state index is 0.128. The number of para-hydroxylation sites is 1. The number of nitrogens with one attached hydrogen (secondary N) is 1. The maximum atomic E-state index is 14.0. The Morgan fingerprint density at radius 1 is 1.26 bits per heavy atom. The Labute approximate surface area is 158 Å². The first-order valence-electron chi connectivity index (χ1n) is 7.78. The van der Waals surface area contributed by atoms with E-state index in [1.54, 1.807) is 25.2 Å². The molecule has 0 saturated carbocycles. The second-order valence-corrected chi connectivity index (χ2v) is 8.78. The number of aromatic nitrogens is 1. The van der Waals surface area contributed by atoms with E-state index >= 15 is 0 Å². The van der Waals surface area contributed by atoms with Crippen LogP contribution in [0, 0.1) is 5.82 Å². The van der Waals surface area contributed by atoms with E-state index in [0.29, 0.717) is 14.7 Å². The molecule has 3 aromatic rings. The summed E-state index contributed by atoms with van der Waals surface area (Å²) in [5.41, 5.74) is 0.940. The summed E-state index contributed by atoms with van der Waals surface area (Å²) in [5, 5.41) is 2.58. The van der Waals surface area contributed by atoms with Crippen molar-refractivity contribution in [2.45, 2.75) is 0 Å². The van der Waals surface area contributed by atoms with Gasteiger partial charge in [0.15, 0.2) is 0 Å². The zero-order valence-corrected chi connectivity index (χ0v) is 16.1. The number of hydrogen-bond acceptors (Lipinski definition) is 5. The number of thiazole rings is 1. The van der Waals surface area contributed by atoms with E-state index < -0.39 is 28.3 Å². The second kappa shape index (κ2) is 7.12. The summed E-state index contributed by atoms with van der Waals surface area (Å²) in [6, 6.07) is 10.3. The average Bonchev–Trinajstić information content (AvgIpc) is 2.86. The molecule has 142 valence electrons. The molecule has 1 N–H and O–H groups in total. The Morgan fingerprint density at radius 2 is 1.96 bits per heavy atom. The molecule has 0 atom stereocenters. The third-order valence-corrected chi connectivity index (χ3v) is 6.01. The molecule has 10 heteroatoms. The molecule has 0 aliphatic rings. The molecule has 0 saturated heterocycles. The molecule has 0 radical (unpaired) electrons. The fourth-order valence-electron chi connectivity index (χ4n) is 2.58. The maximum Gasteiger partial charge on any atom is 0.307 e. The van der Waals surface area contributed by atoms with Gasteiger partial charge in [0.1, 0.15) is 12.4 Å². The average molecular weight is 409 g/mol. The molecule has 3 rings (SSSR count). The number of amides is 1. The van der Waals surface area contributed by atoms with Crippen molar-refractivity contribution in [1.82, 2.24) is 4.57 Å². The molecular weight excluding hydrogens is 393 g/mol. The van der Waals surface area contributed by atoms with Crippen LogP contribution in [-0.4, -0.2) is 31.7 Å². The minimum atomic E-state index is -3.87. The molecular formula is C17H16FN3O4S2. The van der Waals surface area contributed by atoms with E-state index in [-0.39, 0.29) is 10.6 Å². The van der Waals surface area contributed by atoms with Crippen molar-refractivity contribution < 1.29 is 17.6 Å². The second-order valence-electron chi connectivity index (χ2n) is 5.88. The van der Waals surface area contributed by atoms with Gasteiger partial charge in [-0.05, 0) is 30.3 Å². The molecule has 7 nitrogen and oxygen atoms in total. The standard InChI is InChI=1S/C17H16FN3O4S2/c1-20-14-8-7-11(9-15(14)26-17(20)23)19-16(22)10-21(27(2,24)25)13-6-4-3-5-12(13)18/h3-9H,10H2,1-2H3,(H,19,22). The van der Waals surface area contributed by atoms with Gasteiger partial charge >= 0.3 is 4.87 Å². The minimum Gasteiger partial charge on any atom is -0.324 e. The van der Waals surface area contributed by atoms with Crippen LogP contribution in [0.25, 0.3) is 10.2 Å². The number of nitrogens with zero attached hydrogens (tertiary/aromatic N) is 2. The number of aryl methyl sites for hydroxylation is 1. The zero-order valence-electron chi connectivity index (χ0n) is 14.5. The Hall–Kier alpha value is -2.72. The van der Waals surface area contributed by atoms with Crippen LogP contribution in [0.3, 0.4) is 0 Å². The lowest BCUT2D eigenvalue weighted by Crippen LogP contribution is -2.38. The monoisotopic (exact) mass is 409 g/mol. The summed E-state index contributed by atoms with van der Waals surface area (Å²) in [7, 11) is -2.22. The van der Waals surface area contributed by atoms with Gasteiger partial charge in [-0.15, -0.1) is 0 Å². The highest BCUT2D eigenvalue weighted by Crippen LogP contribution is 2.23. The van der Waals surface area contributed by atoms with Crippen molar-refractivity contribution in [3.8, 4) is 0 Å². The highest BCUT2D eigenvalue weighted by atomic mass is 32.2. The Kier molecular flexibility index (Phi) is 5.03. The van der Waals surface area contributed by atoms with Crippen LogP contribution in [0.5, 0.6) is 0 Å². The summed E-state index contributed by atoms with van der Waals surface area (Å²) < 4.78 is 40.9. The van der Waals surface area contributed by atoms with Crippen molar-refractivity contribution in [3.63, 3.8) is 0 Å². The Morgan fingerprint density at radius 3 is 2.63 bits per heavy atom. The van der Waals surface area contributed by atoms with Gasteiger partial charge in [-0.2, -0.15) is 0 Å². The topological polar surface area (TPSA) is 88.5 Å². The lowest BCUT2D eigenvalue weighted by atomic mass is 10.3. The number of benzene rings is 2. The highest BCUT2D eigenvalue weighted by molar-refractivity contribution is 7.92. The van der Waals surface area contributed by atoms with Crippen LogP contribution in [0.4, 0.5) is 15.8 Å². The van der Waals surface area contributed by atoms with Gasteiger partial charge < -0.3 is 9.88 Å². The number of rotatable bonds is 5. The van der Waals surface area contributed by atoms with Crippen LogP contribution in [0.15, 0.2) is 47.3 Å². The molecule has 0 spiro atoms. The van der Waals surface area contributed by atoms with Crippen LogP contribution in [0.2, 0.25) is 0 Å². The first-order valence-corrected chi connectivity index (χ1v) is 10.4. The number of carbonyl (C=O) groups is 1. The Bertz CT molecular complexity index is 1180. The van der Waals surface area contributed by atoms with Crippen molar-refractivity contribution in [2.75, 3.05) is 22.4 Å². The predicted octanol–water partition coefficient (Wildman–Crippen LogP) is 2.14. The summed E-state index contributed by atoms with van der Waals surface area (Å²) in [6.07, 6.45) is 0.903. The maximum absolute atomic E-state index is 14.0. The molecule has 0 unspecified atom stereocenters. The number of carbonyl (C=O) groups excluding carboxylic acids is 1. The largest absolute Gasteiger partial charge is 0.324 e. The molecule has 1 amide bonds. The first-order chi connectivity index (χ1) is 12.7.